The third kappa shape index (κ3) is 8.29. The van der Waals surface area contributed by atoms with Crippen LogP contribution >= 0.6 is 35.0 Å². The maximum absolute atomic E-state index is 12.1. The van der Waals surface area contributed by atoms with Gasteiger partial charge in [0, 0.05) is 22.3 Å². The van der Waals surface area contributed by atoms with Crippen LogP contribution in [0.4, 0.5) is 11.4 Å². The van der Waals surface area contributed by atoms with Crippen LogP contribution in [0, 0.1) is 10.1 Å². The number of halogens is 2. The average Bonchev–Trinajstić information content (AvgIpc) is 2.83. The van der Waals surface area contributed by atoms with Crippen molar-refractivity contribution in [1.82, 2.24) is 5.43 Å². The Morgan fingerprint density at radius 1 is 1.06 bits per heavy atom. The van der Waals surface area contributed by atoms with E-state index >= 15 is 0 Å². The molecule has 180 valence electrons. The Morgan fingerprint density at radius 3 is 2.54 bits per heavy atom. The molecule has 0 aromatic heterocycles. The third-order valence-electron chi connectivity index (χ3n) is 4.25. The van der Waals surface area contributed by atoms with Crippen LogP contribution in [0.2, 0.25) is 10.0 Å². The quantitative estimate of drug-likeness (QED) is 0.161. The summed E-state index contributed by atoms with van der Waals surface area (Å²) in [6.07, 6.45) is 1.26. The molecule has 0 atom stereocenters. The number of nitro groups is 1. The molecular weight excluding hydrogens is 515 g/mol. The van der Waals surface area contributed by atoms with Crippen molar-refractivity contribution >= 4 is 64.4 Å². The monoisotopic (exact) mass is 532 g/mol. The van der Waals surface area contributed by atoms with E-state index in [2.05, 4.69) is 15.8 Å². The minimum absolute atomic E-state index is 0.00311. The average molecular weight is 533 g/mol. The number of nitrogens with one attached hydrogen (secondary N) is 2. The van der Waals surface area contributed by atoms with E-state index in [0.717, 1.165) is 11.8 Å². The Morgan fingerprint density at radius 2 is 1.83 bits per heavy atom. The molecule has 3 aromatic carbocycles. The molecule has 0 aliphatic carbocycles. The van der Waals surface area contributed by atoms with E-state index < -0.39 is 10.8 Å². The Labute approximate surface area is 214 Å². The summed E-state index contributed by atoms with van der Waals surface area (Å²) in [6, 6.07) is 17.9. The zero-order chi connectivity index (χ0) is 25.2. The SMILES string of the molecule is O=C(COc1ccc(Cl)cc1Cl)N/N=C\c1ccc(SCC(=O)Nc2ccccc2)c([N+](=O)[O-])c1. The highest BCUT2D eigenvalue weighted by molar-refractivity contribution is 8.00. The van der Waals surface area contributed by atoms with Crippen LogP contribution in [0.1, 0.15) is 5.56 Å². The zero-order valence-corrected chi connectivity index (χ0v) is 20.3. The molecule has 0 radical (unpaired) electrons. The van der Waals surface area contributed by atoms with E-state index in [4.69, 9.17) is 27.9 Å². The number of hydrogen-bond donors (Lipinski definition) is 2. The summed E-state index contributed by atoms with van der Waals surface area (Å²) in [6.45, 7) is -0.348. The standard InChI is InChI=1S/C23H18Cl2N4O5S/c24-16-7-8-20(18(25)11-16)34-13-22(30)28-26-12-15-6-9-21(19(10-15)29(32)33)35-14-23(31)27-17-4-2-1-3-5-17/h1-12H,13-14H2,(H,27,31)(H,28,30)/b26-12-. The summed E-state index contributed by atoms with van der Waals surface area (Å²) >= 11 is 12.8. The van der Waals surface area contributed by atoms with Crippen LogP contribution in [0.25, 0.3) is 0 Å². The molecule has 0 fully saturated rings. The summed E-state index contributed by atoms with van der Waals surface area (Å²) in [4.78, 5) is 35.3. The van der Waals surface area contributed by atoms with E-state index in [-0.39, 0.29) is 34.7 Å². The molecule has 0 saturated heterocycles. The number of carbonyl (C=O) groups is 2. The van der Waals surface area contributed by atoms with Gasteiger partial charge in [-0.2, -0.15) is 5.10 Å². The van der Waals surface area contributed by atoms with Gasteiger partial charge in [-0.1, -0.05) is 47.5 Å². The fourth-order valence-corrected chi connectivity index (χ4v) is 3.96. The van der Waals surface area contributed by atoms with E-state index in [1.807, 2.05) is 6.07 Å². The van der Waals surface area contributed by atoms with Gasteiger partial charge in [-0.05, 0) is 36.4 Å². The molecule has 3 aromatic rings. The molecule has 3 rings (SSSR count). The number of nitrogens with zero attached hydrogens (tertiary/aromatic N) is 2. The summed E-state index contributed by atoms with van der Waals surface area (Å²) < 4.78 is 5.31. The van der Waals surface area contributed by atoms with Gasteiger partial charge in [0.05, 0.1) is 26.8 Å². The van der Waals surface area contributed by atoms with E-state index in [1.54, 1.807) is 36.4 Å². The Balaban J connectivity index is 1.54. The summed E-state index contributed by atoms with van der Waals surface area (Å²) in [5.74, 6) is -0.558. The first kappa shape index (κ1) is 26.0. The number of hydrogen-bond acceptors (Lipinski definition) is 7. The number of thioether (sulfide) groups is 1. The molecule has 0 saturated carbocycles. The number of amides is 2. The fourth-order valence-electron chi connectivity index (χ4n) is 2.69. The number of anilines is 1. The molecule has 0 heterocycles. The van der Waals surface area contributed by atoms with Gasteiger partial charge in [0.25, 0.3) is 11.6 Å². The van der Waals surface area contributed by atoms with Gasteiger partial charge in [0.15, 0.2) is 6.61 Å². The van der Waals surface area contributed by atoms with Gasteiger partial charge in [-0.25, -0.2) is 5.43 Å². The van der Waals surface area contributed by atoms with Gasteiger partial charge in [-0.3, -0.25) is 19.7 Å². The van der Waals surface area contributed by atoms with Gasteiger partial charge in [0.1, 0.15) is 5.75 Å². The van der Waals surface area contributed by atoms with Crippen molar-refractivity contribution < 1.29 is 19.2 Å². The largest absolute Gasteiger partial charge is 0.482 e. The Bertz CT molecular complexity index is 1260. The van der Waals surface area contributed by atoms with Crippen LogP contribution in [0.15, 0.2) is 76.7 Å². The Hall–Kier alpha value is -3.60. The molecule has 0 unspecified atom stereocenters. The predicted octanol–water partition coefficient (Wildman–Crippen LogP) is 5.16. The van der Waals surface area contributed by atoms with Crippen molar-refractivity contribution in [2.75, 3.05) is 17.7 Å². The molecular formula is C23H18Cl2N4O5S. The highest BCUT2D eigenvalue weighted by Crippen LogP contribution is 2.30. The lowest BCUT2D eigenvalue weighted by Crippen LogP contribution is -2.24. The lowest BCUT2D eigenvalue weighted by Gasteiger charge is -2.07. The molecule has 35 heavy (non-hydrogen) atoms. The highest BCUT2D eigenvalue weighted by atomic mass is 35.5. The smallest absolute Gasteiger partial charge is 0.283 e. The summed E-state index contributed by atoms with van der Waals surface area (Å²) in [7, 11) is 0. The number of benzene rings is 3. The van der Waals surface area contributed by atoms with Crippen LogP contribution < -0.4 is 15.5 Å². The second kappa shape index (κ2) is 12.7. The van der Waals surface area contributed by atoms with Crippen LogP contribution in [-0.2, 0) is 9.59 Å². The zero-order valence-electron chi connectivity index (χ0n) is 17.9. The molecule has 9 nitrogen and oxygen atoms in total. The number of hydrazone groups is 1. The minimum Gasteiger partial charge on any atom is -0.482 e. The van der Waals surface area contributed by atoms with E-state index in [0.29, 0.717) is 21.2 Å². The van der Waals surface area contributed by atoms with Crippen molar-refractivity contribution in [2.45, 2.75) is 4.90 Å². The number of para-hydroxylation sites is 1. The molecule has 12 heteroatoms. The summed E-state index contributed by atoms with van der Waals surface area (Å²) in [5.41, 5.74) is 3.11. The molecule has 0 bridgehead atoms. The fraction of sp³-hybridized carbons (Fsp3) is 0.0870. The Kier molecular flexibility index (Phi) is 9.47. The van der Waals surface area contributed by atoms with Crippen LogP contribution in [0.5, 0.6) is 5.75 Å². The number of ether oxygens (including phenoxy) is 1. The molecule has 2 N–H and O–H groups in total. The molecule has 0 aliphatic heterocycles. The highest BCUT2D eigenvalue weighted by Gasteiger charge is 2.16. The normalized spacial score (nSPS) is 10.7. The number of nitro benzene ring substituents is 1. The molecule has 0 spiro atoms. The van der Waals surface area contributed by atoms with Gasteiger partial charge in [0.2, 0.25) is 5.91 Å². The van der Waals surface area contributed by atoms with Crippen LogP contribution in [-0.4, -0.2) is 35.3 Å². The maximum atomic E-state index is 12.1. The maximum Gasteiger partial charge on any atom is 0.283 e. The van der Waals surface area contributed by atoms with Crippen molar-refractivity contribution in [1.29, 1.82) is 0 Å². The second-order valence-electron chi connectivity index (χ2n) is 6.84. The first-order valence-electron chi connectivity index (χ1n) is 9.97. The number of carbonyl (C=O) groups excluding carboxylic acids is 2. The predicted molar refractivity (Wildman–Crippen MR) is 137 cm³/mol. The molecule has 0 aliphatic rings. The minimum atomic E-state index is -0.557. The van der Waals surface area contributed by atoms with E-state index in [9.17, 15) is 19.7 Å². The summed E-state index contributed by atoms with van der Waals surface area (Å²) in [5, 5.41) is 18.7. The lowest BCUT2D eigenvalue weighted by atomic mass is 10.2. The van der Waals surface area contributed by atoms with E-state index in [1.165, 1.54) is 30.5 Å². The lowest BCUT2D eigenvalue weighted by molar-refractivity contribution is -0.387. The van der Waals surface area contributed by atoms with Crippen molar-refractivity contribution in [3.8, 4) is 5.75 Å². The first-order valence-corrected chi connectivity index (χ1v) is 11.7. The first-order chi connectivity index (χ1) is 16.8. The van der Waals surface area contributed by atoms with Gasteiger partial charge < -0.3 is 10.1 Å². The number of rotatable bonds is 10. The third-order valence-corrected chi connectivity index (χ3v) is 5.84. The van der Waals surface area contributed by atoms with Gasteiger partial charge >= 0.3 is 0 Å². The molecule has 2 amide bonds. The van der Waals surface area contributed by atoms with Gasteiger partial charge in [-0.15, -0.1) is 11.8 Å². The van der Waals surface area contributed by atoms with Crippen molar-refractivity contribution in [2.24, 2.45) is 5.10 Å². The van der Waals surface area contributed by atoms with Crippen LogP contribution in [0.3, 0.4) is 0 Å². The van der Waals surface area contributed by atoms with Crippen molar-refractivity contribution in [3.63, 3.8) is 0 Å². The topological polar surface area (TPSA) is 123 Å². The second-order valence-corrected chi connectivity index (χ2v) is 8.70. The van der Waals surface area contributed by atoms with Crippen molar-refractivity contribution in [3.05, 3.63) is 92.5 Å².